The third kappa shape index (κ3) is 5.30. The second kappa shape index (κ2) is 9.87. The van der Waals surface area contributed by atoms with Crippen LogP contribution in [0.3, 0.4) is 0 Å². The van der Waals surface area contributed by atoms with Crippen LogP contribution in [0.5, 0.6) is 5.75 Å². The Morgan fingerprint density at radius 1 is 1.16 bits per heavy atom. The predicted molar refractivity (Wildman–Crippen MR) is 140 cm³/mol. The maximum atomic E-state index is 13.5. The summed E-state index contributed by atoms with van der Waals surface area (Å²) in [5.41, 5.74) is 10.3. The van der Waals surface area contributed by atoms with E-state index in [4.69, 9.17) is 20.4 Å². The number of nitrogen functional groups attached to an aromatic ring is 1. The largest absolute Gasteiger partial charge is 0.493 e. The van der Waals surface area contributed by atoms with Gasteiger partial charge in [0.05, 0.1) is 30.5 Å². The number of allylic oxidation sites excluding steroid dienone is 1. The molecule has 2 aliphatic rings. The van der Waals surface area contributed by atoms with Gasteiger partial charge < -0.3 is 15.8 Å². The average Bonchev–Trinajstić information content (AvgIpc) is 3.53. The van der Waals surface area contributed by atoms with Crippen LogP contribution in [0.4, 0.5) is 16.2 Å². The van der Waals surface area contributed by atoms with E-state index in [0.29, 0.717) is 49.0 Å². The molecule has 37 heavy (non-hydrogen) atoms. The van der Waals surface area contributed by atoms with Crippen LogP contribution in [0.1, 0.15) is 29.7 Å². The van der Waals surface area contributed by atoms with Crippen molar-refractivity contribution in [1.29, 1.82) is 0 Å². The fraction of sp³-hybridized carbons (Fsp3) is 0.280. The van der Waals surface area contributed by atoms with E-state index in [1.54, 1.807) is 36.7 Å². The van der Waals surface area contributed by atoms with Crippen LogP contribution in [0.15, 0.2) is 53.8 Å². The Hall–Kier alpha value is -3.90. The number of nitrogens with one attached hydrogen (secondary N) is 1. The minimum atomic E-state index is -3.25. The van der Waals surface area contributed by atoms with E-state index in [0.717, 1.165) is 22.4 Å². The van der Waals surface area contributed by atoms with Crippen molar-refractivity contribution in [1.82, 2.24) is 19.3 Å². The highest BCUT2D eigenvalue weighted by atomic mass is 32.2. The van der Waals surface area contributed by atoms with Gasteiger partial charge in [-0.1, -0.05) is 12.1 Å². The van der Waals surface area contributed by atoms with Crippen molar-refractivity contribution in [3.8, 4) is 5.75 Å². The summed E-state index contributed by atoms with van der Waals surface area (Å²) in [5, 5.41) is 3.25. The number of pyridine rings is 1. The highest BCUT2D eigenvalue weighted by Crippen LogP contribution is 2.38. The van der Waals surface area contributed by atoms with Gasteiger partial charge in [-0.15, -0.1) is 0 Å². The second-order valence-electron chi connectivity index (χ2n) is 8.90. The van der Waals surface area contributed by atoms with Crippen LogP contribution in [0.25, 0.3) is 11.3 Å². The van der Waals surface area contributed by atoms with Gasteiger partial charge in [-0.05, 0) is 41.8 Å². The molecule has 3 aromatic rings. The van der Waals surface area contributed by atoms with Gasteiger partial charge in [-0.3, -0.25) is 0 Å². The lowest BCUT2D eigenvalue weighted by Gasteiger charge is -2.15. The van der Waals surface area contributed by atoms with Gasteiger partial charge in [-0.2, -0.15) is 0 Å². The van der Waals surface area contributed by atoms with Gasteiger partial charge in [0.2, 0.25) is 16.0 Å². The number of methoxy groups -OCH3 is 1. The third-order valence-electron chi connectivity index (χ3n) is 6.36. The average molecular weight is 524 g/mol. The normalized spacial score (nSPS) is 18.2. The van der Waals surface area contributed by atoms with E-state index < -0.39 is 10.0 Å². The summed E-state index contributed by atoms with van der Waals surface area (Å²) in [5.74, 6) is 0.778. The van der Waals surface area contributed by atoms with Crippen LogP contribution in [-0.2, 0) is 10.0 Å². The number of ether oxygens (including phenoxy) is 1. The summed E-state index contributed by atoms with van der Waals surface area (Å²) in [6.07, 6.45) is 5.62. The number of aromatic nitrogens is 3. The molecule has 1 fully saturated rings. The summed E-state index contributed by atoms with van der Waals surface area (Å²) in [6, 6.07) is 9.64. The minimum Gasteiger partial charge on any atom is -0.493 e. The number of sulfonamides is 1. The first-order valence-electron chi connectivity index (χ1n) is 11.6. The van der Waals surface area contributed by atoms with Gasteiger partial charge in [0.1, 0.15) is 5.82 Å². The summed E-state index contributed by atoms with van der Waals surface area (Å²) < 4.78 is 44.1. The van der Waals surface area contributed by atoms with E-state index >= 15 is 0 Å². The first-order valence-corrected chi connectivity index (χ1v) is 13.5. The van der Waals surface area contributed by atoms with Crippen LogP contribution < -0.4 is 15.8 Å². The molecule has 192 valence electrons. The Morgan fingerprint density at radius 3 is 2.65 bits per heavy atom. The summed E-state index contributed by atoms with van der Waals surface area (Å²) in [7, 11) is -1.73. The van der Waals surface area contributed by atoms with Crippen LogP contribution in [0, 0.1) is 5.82 Å². The number of benzene rings is 1. The smallest absolute Gasteiger partial charge is 0.223 e. The topological polar surface area (TPSA) is 136 Å². The van der Waals surface area contributed by atoms with Crippen LogP contribution >= 0.6 is 0 Å². The Morgan fingerprint density at radius 2 is 1.95 bits per heavy atom. The van der Waals surface area contributed by atoms with Crippen molar-refractivity contribution >= 4 is 38.8 Å². The predicted octanol–water partition coefficient (Wildman–Crippen LogP) is 2.81. The zero-order valence-corrected chi connectivity index (χ0v) is 21.2. The first-order chi connectivity index (χ1) is 17.7. The van der Waals surface area contributed by atoms with E-state index in [1.165, 1.54) is 29.8 Å². The molecule has 10 nitrogen and oxygen atoms in total. The van der Waals surface area contributed by atoms with Crippen molar-refractivity contribution in [2.45, 2.75) is 18.9 Å². The molecule has 0 bridgehead atoms. The molecule has 0 unspecified atom stereocenters. The molecule has 0 radical (unpaired) electrons. The molecule has 0 amide bonds. The molecule has 12 heteroatoms. The number of anilines is 2. The molecule has 2 aliphatic heterocycles. The standard InChI is InChI=1S/C25H26FN7O3S/c1-36-22-11-16(13-29-24(22)27)19-12-21(15-3-5-17(26)6-4-15)31-23(19)20-7-9-28-25(32-20)30-18-8-10-33(14-18)37(2,34)35/h3-7,9,11,13,18H,8,10,12,14H2,1-2H3,(H2,27,29)(H,28,30,32)/t18-/m0/s1. The zero-order valence-electron chi connectivity index (χ0n) is 20.3. The number of nitrogens with two attached hydrogens (primary N) is 1. The van der Waals surface area contributed by atoms with Crippen molar-refractivity contribution in [3.05, 3.63) is 71.4 Å². The molecule has 4 heterocycles. The van der Waals surface area contributed by atoms with Crippen LogP contribution in [-0.4, -0.2) is 65.9 Å². The zero-order chi connectivity index (χ0) is 26.2. The van der Waals surface area contributed by atoms with Crippen molar-refractivity contribution in [3.63, 3.8) is 0 Å². The monoisotopic (exact) mass is 523 g/mol. The van der Waals surface area contributed by atoms with Crippen LogP contribution in [0.2, 0.25) is 0 Å². The van der Waals surface area contributed by atoms with Gasteiger partial charge in [0.15, 0.2) is 11.6 Å². The lowest BCUT2D eigenvalue weighted by atomic mass is 9.98. The molecule has 2 aromatic heterocycles. The Labute approximate surface area is 214 Å². The quantitative estimate of drug-likeness (QED) is 0.483. The second-order valence-corrected chi connectivity index (χ2v) is 10.9. The molecule has 0 aliphatic carbocycles. The highest BCUT2D eigenvalue weighted by Gasteiger charge is 2.29. The van der Waals surface area contributed by atoms with Gasteiger partial charge in [0.25, 0.3) is 0 Å². The van der Waals surface area contributed by atoms with E-state index in [1.807, 2.05) is 0 Å². The Balaban J connectivity index is 1.50. The minimum absolute atomic E-state index is 0.106. The number of halogens is 1. The molecule has 0 saturated carbocycles. The molecule has 1 saturated heterocycles. The maximum Gasteiger partial charge on any atom is 0.223 e. The number of hydrogen-bond acceptors (Lipinski definition) is 9. The molecular weight excluding hydrogens is 497 g/mol. The first kappa shape index (κ1) is 24.8. The third-order valence-corrected chi connectivity index (χ3v) is 7.63. The summed E-state index contributed by atoms with van der Waals surface area (Å²) in [6.45, 7) is 0.799. The fourth-order valence-corrected chi connectivity index (χ4v) is 5.31. The van der Waals surface area contributed by atoms with E-state index in [-0.39, 0.29) is 17.7 Å². The fourth-order valence-electron chi connectivity index (χ4n) is 4.43. The van der Waals surface area contributed by atoms with Crippen molar-refractivity contribution in [2.75, 3.05) is 37.5 Å². The molecular formula is C25H26FN7O3S. The summed E-state index contributed by atoms with van der Waals surface area (Å²) >= 11 is 0. The summed E-state index contributed by atoms with van der Waals surface area (Å²) in [4.78, 5) is 18.2. The van der Waals surface area contributed by atoms with E-state index in [2.05, 4.69) is 15.3 Å². The van der Waals surface area contributed by atoms with Gasteiger partial charge in [0, 0.05) is 43.5 Å². The number of nitrogens with zero attached hydrogens (tertiary/aromatic N) is 5. The lowest BCUT2D eigenvalue weighted by molar-refractivity contribution is 0.415. The van der Waals surface area contributed by atoms with Crippen molar-refractivity contribution < 1.29 is 17.5 Å². The molecule has 0 spiro atoms. The number of rotatable bonds is 7. The van der Waals surface area contributed by atoms with Crippen molar-refractivity contribution in [2.24, 2.45) is 4.99 Å². The Bertz CT molecular complexity index is 1510. The lowest BCUT2D eigenvalue weighted by Crippen LogP contribution is -2.31. The maximum absolute atomic E-state index is 13.5. The van der Waals surface area contributed by atoms with E-state index in [9.17, 15) is 12.8 Å². The highest BCUT2D eigenvalue weighted by molar-refractivity contribution is 7.88. The number of hydrogen-bond donors (Lipinski definition) is 2. The number of aliphatic imine (C=N–C) groups is 1. The molecule has 1 aromatic carbocycles. The SMILES string of the molecule is COc1cc(C2=C(c3ccnc(N[C@H]4CCN(S(C)(=O)=O)C4)n3)N=C(c3ccc(F)cc3)C2)cnc1N. The molecule has 3 N–H and O–H groups in total. The van der Waals surface area contributed by atoms with Gasteiger partial charge in [-0.25, -0.2) is 37.1 Å². The van der Waals surface area contributed by atoms with Gasteiger partial charge >= 0.3 is 0 Å². The molecule has 1 atom stereocenters. The molecule has 5 rings (SSSR count). The Kier molecular flexibility index (Phi) is 6.61.